The van der Waals surface area contributed by atoms with E-state index in [1.165, 1.54) is 29.5 Å². The molecule has 3 nitrogen and oxygen atoms in total. The number of hydrogen-bond acceptors (Lipinski definition) is 2. The molecule has 1 aromatic rings. The molecule has 0 aromatic heterocycles. The minimum absolute atomic E-state index is 0. The number of nitrogens with one attached hydrogen (secondary N) is 1. The van der Waals surface area contributed by atoms with Gasteiger partial charge in [-0.15, -0.1) is 12.4 Å². The zero-order valence-electron chi connectivity index (χ0n) is 13.6. The van der Waals surface area contributed by atoms with Gasteiger partial charge in [0.05, 0.1) is 5.92 Å². The Bertz CT molecular complexity index is 522. The second-order valence-corrected chi connectivity index (χ2v) is 6.66. The molecule has 1 amide bonds. The molecule has 0 bridgehead atoms. The van der Waals surface area contributed by atoms with Gasteiger partial charge in [0.1, 0.15) is 0 Å². The molecule has 22 heavy (non-hydrogen) atoms. The lowest BCUT2D eigenvalue weighted by Crippen LogP contribution is -2.43. The van der Waals surface area contributed by atoms with Gasteiger partial charge < -0.3 is 10.2 Å². The Labute approximate surface area is 139 Å². The molecule has 1 atom stereocenters. The highest BCUT2D eigenvalue weighted by Gasteiger charge is 2.36. The Morgan fingerprint density at radius 1 is 1.23 bits per heavy atom. The molecular weight excluding hydrogens is 296 g/mol. The van der Waals surface area contributed by atoms with Gasteiger partial charge in [-0.1, -0.05) is 18.2 Å². The lowest BCUT2D eigenvalue weighted by molar-refractivity contribution is -0.137. The summed E-state index contributed by atoms with van der Waals surface area (Å²) in [6.07, 6.45) is 4.52. The molecule has 1 aromatic carbocycles. The van der Waals surface area contributed by atoms with E-state index in [9.17, 15) is 4.79 Å². The molecule has 1 heterocycles. The Morgan fingerprint density at radius 2 is 2.00 bits per heavy atom. The maximum atomic E-state index is 12.8. The Kier molecular flexibility index (Phi) is 5.87. The van der Waals surface area contributed by atoms with E-state index in [4.69, 9.17) is 0 Å². The Morgan fingerprint density at radius 3 is 2.59 bits per heavy atom. The third kappa shape index (κ3) is 4.02. The fourth-order valence-corrected chi connectivity index (χ4v) is 3.17. The van der Waals surface area contributed by atoms with Gasteiger partial charge in [-0.25, -0.2) is 0 Å². The van der Waals surface area contributed by atoms with E-state index >= 15 is 0 Å². The fraction of sp³-hybridized carbons (Fsp3) is 0.611. The van der Waals surface area contributed by atoms with Crippen LogP contribution < -0.4 is 5.32 Å². The van der Waals surface area contributed by atoms with E-state index in [2.05, 4.69) is 42.3 Å². The van der Waals surface area contributed by atoms with Crippen LogP contribution in [0.4, 0.5) is 0 Å². The largest absolute Gasteiger partial charge is 0.335 e. The van der Waals surface area contributed by atoms with Gasteiger partial charge in [-0.3, -0.25) is 4.79 Å². The maximum absolute atomic E-state index is 12.8. The number of piperidine rings is 1. The predicted molar refractivity (Wildman–Crippen MR) is 92.3 cm³/mol. The molecular formula is C18H27ClN2O. The van der Waals surface area contributed by atoms with E-state index in [1.54, 1.807) is 0 Å². The highest BCUT2D eigenvalue weighted by Crippen LogP contribution is 2.31. The summed E-state index contributed by atoms with van der Waals surface area (Å²) in [5.74, 6) is 0.550. The number of carbonyl (C=O) groups is 1. The van der Waals surface area contributed by atoms with Crippen molar-refractivity contribution in [2.24, 2.45) is 5.92 Å². The Hall–Kier alpha value is -1.06. The molecule has 1 aliphatic carbocycles. The summed E-state index contributed by atoms with van der Waals surface area (Å²) in [5, 5.41) is 3.36. The van der Waals surface area contributed by atoms with Crippen LogP contribution in [0.15, 0.2) is 18.2 Å². The third-order valence-corrected chi connectivity index (χ3v) is 4.84. The van der Waals surface area contributed by atoms with Crippen LogP contribution in [0.25, 0.3) is 0 Å². The summed E-state index contributed by atoms with van der Waals surface area (Å²) in [4.78, 5) is 15.0. The van der Waals surface area contributed by atoms with Gasteiger partial charge in [0, 0.05) is 19.1 Å². The molecule has 122 valence electrons. The second-order valence-electron chi connectivity index (χ2n) is 6.66. The van der Waals surface area contributed by atoms with Gasteiger partial charge in [-0.2, -0.15) is 0 Å². The van der Waals surface area contributed by atoms with E-state index in [0.29, 0.717) is 11.9 Å². The normalized spacial score (nSPS) is 21.1. The minimum atomic E-state index is 0. The molecule has 1 N–H and O–H groups in total. The van der Waals surface area contributed by atoms with Gasteiger partial charge >= 0.3 is 0 Å². The smallest absolute Gasteiger partial charge is 0.227 e. The monoisotopic (exact) mass is 322 g/mol. The first-order valence-corrected chi connectivity index (χ1v) is 8.22. The first-order chi connectivity index (χ1) is 10.1. The third-order valence-electron chi connectivity index (χ3n) is 4.84. The van der Waals surface area contributed by atoms with Gasteiger partial charge in [0.25, 0.3) is 0 Å². The summed E-state index contributed by atoms with van der Waals surface area (Å²) in [7, 11) is 0. The topological polar surface area (TPSA) is 32.3 Å². The zero-order valence-corrected chi connectivity index (χ0v) is 14.4. The van der Waals surface area contributed by atoms with Crippen molar-refractivity contribution in [2.45, 2.75) is 52.1 Å². The average molecular weight is 323 g/mol. The molecule has 3 rings (SSSR count). The van der Waals surface area contributed by atoms with Crippen molar-refractivity contribution in [2.75, 3.05) is 13.1 Å². The summed E-state index contributed by atoms with van der Waals surface area (Å²) in [5.41, 5.74) is 3.90. The van der Waals surface area contributed by atoms with Crippen molar-refractivity contribution in [3.05, 3.63) is 34.9 Å². The zero-order chi connectivity index (χ0) is 14.8. The van der Waals surface area contributed by atoms with Crippen molar-refractivity contribution in [3.63, 3.8) is 0 Å². The van der Waals surface area contributed by atoms with Crippen molar-refractivity contribution < 1.29 is 4.79 Å². The number of carbonyl (C=O) groups excluding carboxylic acids is 1. The number of hydrogen-bond donors (Lipinski definition) is 1. The lowest BCUT2D eigenvalue weighted by atomic mass is 9.97. The van der Waals surface area contributed by atoms with E-state index in [1.807, 2.05) is 0 Å². The van der Waals surface area contributed by atoms with E-state index in [-0.39, 0.29) is 18.3 Å². The second kappa shape index (κ2) is 7.47. The lowest BCUT2D eigenvalue weighted by Gasteiger charge is -2.30. The minimum Gasteiger partial charge on any atom is -0.335 e. The first-order valence-electron chi connectivity index (χ1n) is 8.22. The van der Waals surface area contributed by atoms with E-state index < -0.39 is 0 Å². The van der Waals surface area contributed by atoms with Crippen molar-refractivity contribution in [3.8, 4) is 0 Å². The number of amides is 1. The molecule has 0 radical (unpaired) electrons. The summed E-state index contributed by atoms with van der Waals surface area (Å²) >= 11 is 0. The number of rotatable bonds is 4. The van der Waals surface area contributed by atoms with Crippen LogP contribution in [0.1, 0.15) is 42.4 Å². The Balaban J connectivity index is 0.00000176. The molecule has 1 aliphatic heterocycles. The van der Waals surface area contributed by atoms with Gasteiger partial charge in [-0.05, 0) is 62.8 Å². The summed E-state index contributed by atoms with van der Waals surface area (Å²) < 4.78 is 0. The fourth-order valence-electron chi connectivity index (χ4n) is 3.17. The van der Waals surface area contributed by atoms with Crippen LogP contribution in [-0.2, 0) is 11.3 Å². The van der Waals surface area contributed by atoms with Crippen LogP contribution in [0.3, 0.4) is 0 Å². The standard InChI is InChI=1S/C18H26N2O.ClH/c1-13-5-6-15(10-14(13)2)12-20(17-7-8-17)18(21)16-4-3-9-19-11-16;/h5-6,10,16-17,19H,3-4,7-9,11-12H2,1-2H3;1H. The van der Waals surface area contributed by atoms with Crippen LogP contribution in [0, 0.1) is 19.8 Å². The number of aryl methyl sites for hydroxylation is 2. The van der Waals surface area contributed by atoms with Crippen molar-refractivity contribution in [1.29, 1.82) is 0 Å². The van der Waals surface area contributed by atoms with Crippen LogP contribution in [0.5, 0.6) is 0 Å². The average Bonchev–Trinajstić information content (AvgIpc) is 3.33. The highest BCUT2D eigenvalue weighted by molar-refractivity contribution is 5.85. The quantitative estimate of drug-likeness (QED) is 0.923. The molecule has 2 aliphatic rings. The SMILES string of the molecule is Cc1ccc(CN(C(=O)C2CCCNC2)C2CC2)cc1C.Cl. The van der Waals surface area contributed by atoms with Gasteiger partial charge in [0.2, 0.25) is 5.91 Å². The molecule has 1 saturated heterocycles. The van der Waals surface area contributed by atoms with E-state index in [0.717, 1.165) is 32.5 Å². The van der Waals surface area contributed by atoms with Crippen molar-refractivity contribution in [1.82, 2.24) is 10.2 Å². The number of nitrogens with zero attached hydrogens (tertiary/aromatic N) is 1. The van der Waals surface area contributed by atoms with Gasteiger partial charge in [0.15, 0.2) is 0 Å². The predicted octanol–water partition coefficient (Wildman–Crippen LogP) is 3.22. The van der Waals surface area contributed by atoms with Crippen LogP contribution in [0.2, 0.25) is 0 Å². The summed E-state index contributed by atoms with van der Waals surface area (Å²) in [6.45, 7) is 6.98. The highest BCUT2D eigenvalue weighted by atomic mass is 35.5. The molecule has 0 spiro atoms. The molecule has 1 saturated carbocycles. The van der Waals surface area contributed by atoms with Crippen LogP contribution >= 0.6 is 12.4 Å². The number of halogens is 1. The first kappa shape index (κ1) is 17.3. The number of benzene rings is 1. The maximum Gasteiger partial charge on any atom is 0.227 e. The van der Waals surface area contributed by atoms with Crippen LogP contribution in [-0.4, -0.2) is 29.9 Å². The molecule has 4 heteroatoms. The summed E-state index contributed by atoms with van der Waals surface area (Å²) in [6, 6.07) is 7.06. The van der Waals surface area contributed by atoms with Crippen molar-refractivity contribution >= 4 is 18.3 Å². The molecule has 2 fully saturated rings. The molecule has 1 unspecified atom stereocenters.